The third-order valence-electron chi connectivity index (χ3n) is 3.91. The van der Waals surface area contributed by atoms with Crippen LogP contribution in [-0.4, -0.2) is 24.4 Å². The van der Waals surface area contributed by atoms with Gasteiger partial charge < -0.3 is 4.90 Å². The molecule has 0 aromatic carbocycles. The Hall–Kier alpha value is -0.610. The second-order valence-electron chi connectivity index (χ2n) is 4.65. The molecule has 1 saturated heterocycles. The fraction of sp³-hybridized carbons (Fsp3) is 0.667. The van der Waals surface area contributed by atoms with Gasteiger partial charge in [-0.05, 0) is 24.7 Å². The Kier molecular flexibility index (Phi) is 3.73. The second-order valence-corrected chi connectivity index (χ2v) is 6.02. The van der Waals surface area contributed by atoms with Crippen molar-refractivity contribution >= 4 is 34.4 Å². The highest BCUT2D eigenvalue weighted by atomic mass is 35.5. The third kappa shape index (κ3) is 2.33. The van der Waals surface area contributed by atoms with E-state index in [4.69, 9.17) is 11.6 Å². The van der Waals surface area contributed by atoms with E-state index >= 15 is 0 Å². The topological polar surface area (TPSA) is 33.2 Å². The number of aldehydes is 1. The smallest absolute Gasteiger partial charge is 0.187 e. The summed E-state index contributed by atoms with van der Waals surface area (Å²) in [7, 11) is 0. The van der Waals surface area contributed by atoms with Crippen LogP contribution < -0.4 is 4.90 Å². The number of carbonyl (C=O) groups excluding carboxylic acids is 1. The molecule has 2 heterocycles. The number of hydrogen-bond donors (Lipinski definition) is 0. The van der Waals surface area contributed by atoms with Crippen LogP contribution in [0.2, 0.25) is 5.15 Å². The zero-order chi connectivity index (χ0) is 12.5. The van der Waals surface area contributed by atoms with Gasteiger partial charge in [0.2, 0.25) is 0 Å². The van der Waals surface area contributed by atoms with Gasteiger partial charge in [0.1, 0.15) is 4.88 Å². The number of anilines is 1. The summed E-state index contributed by atoms with van der Waals surface area (Å²) in [5.74, 6) is 0. The fourth-order valence-corrected chi connectivity index (χ4v) is 3.52. The predicted octanol–water partition coefficient (Wildman–Crippen LogP) is 3.63. The minimum Gasteiger partial charge on any atom is -0.347 e. The van der Waals surface area contributed by atoms with E-state index in [0.29, 0.717) is 15.4 Å². The molecule has 1 fully saturated rings. The molecule has 2 rings (SSSR count). The highest BCUT2D eigenvalue weighted by Crippen LogP contribution is 2.40. The molecular weight excluding hydrogens is 256 g/mol. The van der Waals surface area contributed by atoms with Crippen molar-refractivity contribution in [3.8, 4) is 0 Å². The summed E-state index contributed by atoms with van der Waals surface area (Å²) in [5, 5.41) is 1.23. The van der Waals surface area contributed by atoms with E-state index < -0.39 is 0 Å². The molecule has 0 bridgehead atoms. The van der Waals surface area contributed by atoms with Crippen molar-refractivity contribution in [3.63, 3.8) is 0 Å². The van der Waals surface area contributed by atoms with Gasteiger partial charge in [0.15, 0.2) is 16.6 Å². The van der Waals surface area contributed by atoms with Gasteiger partial charge in [-0.25, -0.2) is 4.98 Å². The lowest BCUT2D eigenvalue weighted by atomic mass is 9.82. The highest BCUT2D eigenvalue weighted by molar-refractivity contribution is 7.17. The summed E-state index contributed by atoms with van der Waals surface area (Å²) in [6, 6.07) is 0. The van der Waals surface area contributed by atoms with Crippen LogP contribution in [0.3, 0.4) is 0 Å². The summed E-state index contributed by atoms with van der Waals surface area (Å²) in [6.45, 7) is 6.54. The summed E-state index contributed by atoms with van der Waals surface area (Å²) in [6.07, 6.45) is 4.37. The molecule has 0 spiro atoms. The molecular formula is C12H17ClN2OS. The predicted molar refractivity (Wildman–Crippen MR) is 72.4 cm³/mol. The zero-order valence-electron chi connectivity index (χ0n) is 10.2. The molecule has 0 amide bonds. The van der Waals surface area contributed by atoms with E-state index in [0.717, 1.165) is 24.5 Å². The standard InChI is InChI=1S/C12H17ClN2OS/c1-3-12(4-2)5-6-15(8-12)11-14-10(13)9(7-16)17-11/h7H,3-6,8H2,1-2H3. The highest BCUT2D eigenvalue weighted by Gasteiger charge is 2.36. The van der Waals surface area contributed by atoms with Crippen LogP contribution in [0.5, 0.6) is 0 Å². The minimum absolute atomic E-state index is 0.338. The molecule has 3 nitrogen and oxygen atoms in total. The largest absolute Gasteiger partial charge is 0.347 e. The van der Waals surface area contributed by atoms with Crippen LogP contribution in [-0.2, 0) is 0 Å². The summed E-state index contributed by atoms with van der Waals surface area (Å²) in [4.78, 5) is 17.8. The molecule has 1 aromatic heterocycles. The quantitative estimate of drug-likeness (QED) is 0.785. The van der Waals surface area contributed by atoms with Crippen molar-refractivity contribution in [2.75, 3.05) is 18.0 Å². The molecule has 17 heavy (non-hydrogen) atoms. The van der Waals surface area contributed by atoms with Crippen LogP contribution >= 0.6 is 22.9 Å². The average molecular weight is 273 g/mol. The lowest BCUT2D eigenvalue weighted by molar-refractivity contribution is 0.112. The first kappa shape index (κ1) is 12.8. The first-order chi connectivity index (χ1) is 8.14. The van der Waals surface area contributed by atoms with Crippen molar-refractivity contribution in [2.24, 2.45) is 5.41 Å². The number of halogens is 1. The maximum Gasteiger partial charge on any atom is 0.187 e. The molecule has 0 atom stereocenters. The van der Waals surface area contributed by atoms with Gasteiger partial charge >= 0.3 is 0 Å². The SMILES string of the molecule is CCC1(CC)CCN(c2nc(Cl)c(C=O)s2)C1. The number of carbonyl (C=O) groups is 1. The van der Waals surface area contributed by atoms with Crippen molar-refractivity contribution in [1.29, 1.82) is 0 Å². The molecule has 1 aliphatic rings. The van der Waals surface area contributed by atoms with Gasteiger partial charge in [-0.3, -0.25) is 4.79 Å². The Balaban J connectivity index is 2.17. The van der Waals surface area contributed by atoms with E-state index in [1.807, 2.05) is 0 Å². The van der Waals surface area contributed by atoms with Crippen LogP contribution in [0.25, 0.3) is 0 Å². The Morgan fingerprint density at radius 2 is 2.24 bits per heavy atom. The molecule has 0 radical (unpaired) electrons. The van der Waals surface area contributed by atoms with E-state index in [2.05, 4.69) is 23.7 Å². The maximum absolute atomic E-state index is 10.8. The van der Waals surface area contributed by atoms with Crippen LogP contribution in [0.15, 0.2) is 0 Å². The number of nitrogens with zero attached hydrogens (tertiary/aromatic N) is 2. The van der Waals surface area contributed by atoms with Crippen molar-refractivity contribution in [2.45, 2.75) is 33.1 Å². The Bertz CT molecular complexity index is 415. The van der Waals surface area contributed by atoms with E-state index in [-0.39, 0.29) is 0 Å². The number of aromatic nitrogens is 1. The lowest BCUT2D eigenvalue weighted by Crippen LogP contribution is -2.25. The van der Waals surface area contributed by atoms with E-state index in [1.165, 1.54) is 30.6 Å². The van der Waals surface area contributed by atoms with Crippen molar-refractivity contribution in [3.05, 3.63) is 10.0 Å². The van der Waals surface area contributed by atoms with Crippen molar-refractivity contribution in [1.82, 2.24) is 4.98 Å². The van der Waals surface area contributed by atoms with E-state index in [9.17, 15) is 4.79 Å². The normalized spacial score (nSPS) is 18.6. The first-order valence-corrected chi connectivity index (χ1v) is 7.20. The third-order valence-corrected chi connectivity index (χ3v) is 5.36. The van der Waals surface area contributed by atoms with Crippen LogP contribution in [0, 0.1) is 5.41 Å². The number of hydrogen-bond acceptors (Lipinski definition) is 4. The lowest BCUT2D eigenvalue weighted by Gasteiger charge is -2.26. The summed E-state index contributed by atoms with van der Waals surface area (Å²) in [5.41, 5.74) is 0.416. The second kappa shape index (κ2) is 4.94. The minimum atomic E-state index is 0.338. The monoisotopic (exact) mass is 272 g/mol. The molecule has 1 aromatic rings. The van der Waals surface area contributed by atoms with Crippen LogP contribution in [0.1, 0.15) is 42.8 Å². The Morgan fingerprint density at radius 1 is 1.53 bits per heavy atom. The molecule has 0 N–H and O–H groups in total. The molecule has 94 valence electrons. The zero-order valence-corrected chi connectivity index (χ0v) is 11.8. The van der Waals surface area contributed by atoms with E-state index in [1.54, 1.807) is 0 Å². The van der Waals surface area contributed by atoms with Crippen LogP contribution in [0.4, 0.5) is 5.13 Å². The molecule has 1 aliphatic heterocycles. The Labute approximate surface area is 111 Å². The van der Waals surface area contributed by atoms with Gasteiger partial charge in [-0.2, -0.15) is 0 Å². The molecule has 0 unspecified atom stereocenters. The number of thiazole rings is 1. The van der Waals surface area contributed by atoms with Crippen molar-refractivity contribution < 1.29 is 4.79 Å². The Morgan fingerprint density at radius 3 is 2.71 bits per heavy atom. The molecule has 0 aliphatic carbocycles. The van der Waals surface area contributed by atoms with Gasteiger partial charge in [0.25, 0.3) is 0 Å². The fourth-order valence-electron chi connectivity index (χ4n) is 2.44. The van der Waals surface area contributed by atoms with Gasteiger partial charge in [-0.15, -0.1) is 0 Å². The average Bonchev–Trinajstić information content (AvgIpc) is 2.93. The summed E-state index contributed by atoms with van der Waals surface area (Å²) >= 11 is 7.30. The maximum atomic E-state index is 10.8. The summed E-state index contributed by atoms with van der Waals surface area (Å²) < 4.78 is 0. The molecule has 0 saturated carbocycles. The number of rotatable bonds is 4. The first-order valence-electron chi connectivity index (χ1n) is 6.00. The van der Waals surface area contributed by atoms with Gasteiger partial charge in [0.05, 0.1) is 0 Å². The van der Waals surface area contributed by atoms with Gasteiger partial charge in [0, 0.05) is 13.1 Å². The van der Waals surface area contributed by atoms with Gasteiger partial charge in [-0.1, -0.05) is 36.8 Å². The molecule has 5 heteroatoms.